The van der Waals surface area contributed by atoms with Gasteiger partial charge in [-0.15, -0.1) is 11.3 Å². The van der Waals surface area contributed by atoms with Gasteiger partial charge in [-0.05, 0) is 31.4 Å². The first-order valence-electron chi connectivity index (χ1n) is 8.16. The van der Waals surface area contributed by atoms with Crippen LogP contribution >= 0.6 is 11.3 Å². The molecule has 1 saturated heterocycles. The number of fused-ring (bicyclic) bond motifs is 2. The van der Waals surface area contributed by atoms with Crippen molar-refractivity contribution in [3.05, 3.63) is 33.0 Å². The zero-order valence-electron chi connectivity index (χ0n) is 13.5. The van der Waals surface area contributed by atoms with Crippen molar-refractivity contribution in [2.24, 2.45) is 0 Å². The Hall–Kier alpha value is -1.77. The number of aryl methyl sites for hydroxylation is 1. The standard InChI is InChI=1S/C16H20N4O3S/c1-10-17-14(19-18-10)9-20-5-3-16(4-6-20)11-8-13(15(21)22)24-12(11)2-7-23-16/h8H,2-7,9H2,1H3,(H,21,22)(H,17,18,19). The van der Waals surface area contributed by atoms with Crippen molar-refractivity contribution >= 4 is 17.3 Å². The number of carboxylic acids is 1. The van der Waals surface area contributed by atoms with Crippen molar-refractivity contribution in [3.63, 3.8) is 0 Å². The number of likely N-dealkylation sites (tertiary alicyclic amines) is 1. The van der Waals surface area contributed by atoms with Crippen LogP contribution in [0.3, 0.4) is 0 Å². The van der Waals surface area contributed by atoms with Crippen LogP contribution in [0.1, 0.15) is 44.6 Å². The molecule has 2 aromatic rings. The molecule has 2 aliphatic rings. The Morgan fingerprint density at radius 3 is 2.96 bits per heavy atom. The van der Waals surface area contributed by atoms with E-state index in [4.69, 9.17) is 4.74 Å². The quantitative estimate of drug-likeness (QED) is 0.881. The molecule has 4 rings (SSSR count). The van der Waals surface area contributed by atoms with Gasteiger partial charge in [0.2, 0.25) is 0 Å². The molecule has 0 bridgehead atoms. The summed E-state index contributed by atoms with van der Waals surface area (Å²) < 4.78 is 6.18. The number of H-pyrrole nitrogens is 1. The molecule has 7 nitrogen and oxygen atoms in total. The van der Waals surface area contributed by atoms with E-state index in [1.807, 2.05) is 13.0 Å². The summed E-state index contributed by atoms with van der Waals surface area (Å²) in [4.78, 5) is 19.6. The lowest BCUT2D eigenvalue weighted by atomic mass is 9.82. The third kappa shape index (κ3) is 2.74. The molecule has 4 heterocycles. The summed E-state index contributed by atoms with van der Waals surface area (Å²) in [6, 6.07) is 1.83. The van der Waals surface area contributed by atoms with Crippen LogP contribution in [0.5, 0.6) is 0 Å². The molecule has 128 valence electrons. The van der Waals surface area contributed by atoms with Gasteiger partial charge in [0.05, 0.1) is 18.8 Å². The zero-order valence-corrected chi connectivity index (χ0v) is 14.4. The third-order valence-corrected chi connectivity index (χ3v) is 6.07. The van der Waals surface area contributed by atoms with Crippen LogP contribution in [-0.4, -0.2) is 50.9 Å². The molecule has 0 atom stereocenters. The number of hydrogen-bond acceptors (Lipinski definition) is 6. The van der Waals surface area contributed by atoms with Gasteiger partial charge in [0.25, 0.3) is 0 Å². The first kappa shape index (κ1) is 15.7. The minimum Gasteiger partial charge on any atom is -0.477 e. The predicted octanol–water partition coefficient (Wildman–Crippen LogP) is 1.94. The van der Waals surface area contributed by atoms with Crippen LogP contribution < -0.4 is 0 Å². The fourth-order valence-corrected chi connectivity index (χ4v) is 4.74. The van der Waals surface area contributed by atoms with Gasteiger partial charge < -0.3 is 9.84 Å². The minimum absolute atomic E-state index is 0.316. The summed E-state index contributed by atoms with van der Waals surface area (Å²) in [5.74, 6) is 0.803. The molecule has 0 aromatic carbocycles. The summed E-state index contributed by atoms with van der Waals surface area (Å²) >= 11 is 1.40. The van der Waals surface area contributed by atoms with Crippen LogP contribution in [0, 0.1) is 6.92 Å². The number of nitrogens with zero attached hydrogens (tertiary/aromatic N) is 3. The minimum atomic E-state index is -0.845. The average Bonchev–Trinajstić information content (AvgIpc) is 3.17. The second-order valence-electron chi connectivity index (χ2n) is 6.46. The van der Waals surface area contributed by atoms with E-state index in [1.165, 1.54) is 16.2 Å². The topological polar surface area (TPSA) is 91.3 Å². The van der Waals surface area contributed by atoms with Gasteiger partial charge in [-0.1, -0.05) is 0 Å². The highest BCUT2D eigenvalue weighted by Crippen LogP contribution is 2.44. The molecule has 0 amide bonds. The number of rotatable bonds is 3. The number of ether oxygens (including phenoxy) is 1. The lowest BCUT2D eigenvalue weighted by Gasteiger charge is -2.43. The largest absolute Gasteiger partial charge is 0.477 e. The Bertz CT molecular complexity index is 761. The molecule has 0 radical (unpaired) electrons. The summed E-state index contributed by atoms with van der Waals surface area (Å²) in [5.41, 5.74) is 0.785. The van der Waals surface area contributed by atoms with Gasteiger partial charge in [-0.2, -0.15) is 5.10 Å². The van der Waals surface area contributed by atoms with Crippen molar-refractivity contribution in [3.8, 4) is 0 Å². The van der Waals surface area contributed by atoms with E-state index in [2.05, 4.69) is 20.1 Å². The molecular weight excluding hydrogens is 328 g/mol. The molecule has 2 N–H and O–H groups in total. The Morgan fingerprint density at radius 2 is 2.29 bits per heavy atom. The number of nitrogens with one attached hydrogen (secondary N) is 1. The van der Waals surface area contributed by atoms with Gasteiger partial charge in [0.15, 0.2) is 5.82 Å². The number of hydrogen-bond donors (Lipinski definition) is 2. The van der Waals surface area contributed by atoms with Crippen molar-refractivity contribution in [2.75, 3.05) is 19.7 Å². The molecule has 0 saturated carbocycles. The van der Waals surface area contributed by atoms with Crippen LogP contribution in [0.2, 0.25) is 0 Å². The van der Waals surface area contributed by atoms with E-state index in [-0.39, 0.29) is 5.60 Å². The number of piperidine rings is 1. The first-order valence-corrected chi connectivity index (χ1v) is 8.98. The molecule has 0 unspecified atom stereocenters. The van der Waals surface area contributed by atoms with Crippen molar-refractivity contribution in [1.29, 1.82) is 0 Å². The number of thiophene rings is 1. The Kier molecular flexibility index (Phi) is 3.90. The maximum Gasteiger partial charge on any atom is 0.345 e. The second kappa shape index (κ2) is 5.94. The van der Waals surface area contributed by atoms with Crippen LogP contribution in [0.4, 0.5) is 0 Å². The number of aromatic carboxylic acids is 1. The Morgan fingerprint density at radius 1 is 1.50 bits per heavy atom. The maximum absolute atomic E-state index is 11.3. The molecule has 0 aliphatic carbocycles. The Balaban J connectivity index is 1.50. The van der Waals surface area contributed by atoms with E-state index >= 15 is 0 Å². The molecule has 24 heavy (non-hydrogen) atoms. The third-order valence-electron chi connectivity index (χ3n) is 4.89. The van der Waals surface area contributed by atoms with Gasteiger partial charge in [-0.3, -0.25) is 10.00 Å². The lowest BCUT2D eigenvalue weighted by Crippen LogP contribution is -2.46. The van der Waals surface area contributed by atoms with Gasteiger partial charge in [0.1, 0.15) is 10.7 Å². The van der Waals surface area contributed by atoms with E-state index in [9.17, 15) is 9.90 Å². The highest BCUT2D eigenvalue weighted by atomic mass is 32.1. The van der Waals surface area contributed by atoms with Crippen molar-refractivity contribution in [2.45, 2.75) is 38.3 Å². The SMILES string of the molecule is Cc1nc(CN2CCC3(CC2)OCCc2sc(C(=O)O)cc23)n[nH]1. The highest BCUT2D eigenvalue weighted by molar-refractivity contribution is 7.14. The summed E-state index contributed by atoms with van der Waals surface area (Å²) in [6.07, 6.45) is 2.56. The summed E-state index contributed by atoms with van der Waals surface area (Å²) in [7, 11) is 0. The van der Waals surface area contributed by atoms with E-state index in [0.717, 1.165) is 56.1 Å². The van der Waals surface area contributed by atoms with Crippen LogP contribution in [-0.2, 0) is 23.3 Å². The molecule has 2 aromatic heterocycles. The first-order chi connectivity index (χ1) is 11.6. The maximum atomic E-state index is 11.3. The van der Waals surface area contributed by atoms with Crippen LogP contribution in [0.25, 0.3) is 0 Å². The summed E-state index contributed by atoms with van der Waals surface area (Å²) in [6.45, 7) is 5.09. The van der Waals surface area contributed by atoms with Crippen LogP contribution in [0.15, 0.2) is 6.07 Å². The molecule has 1 spiro atoms. The number of carbonyl (C=O) groups is 1. The van der Waals surface area contributed by atoms with Gasteiger partial charge in [-0.25, -0.2) is 9.78 Å². The predicted molar refractivity (Wildman–Crippen MR) is 88.2 cm³/mol. The zero-order chi connectivity index (χ0) is 16.7. The van der Waals surface area contributed by atoms with E-state index in [1.54, 1.807) is 0 Å². The number of carboxylic acid groups (broad SMARTS) is 1. The fourth-order valence-electron chi connectivity index (χ4n) is 3.67. The monoisotopic (exact) mass is 348 g/mol. The summed E-state index contributed by atoms with van der Waals surface area (Å²) in [5, 5.41) is 16.3. The van der Waals surface area contributed by atoms with E-state index < -0.39 is 5.97 Å². The molecule has 1 fully saturated rings. The highest BCUT2D eigenvalue weighted by Gasteiger charge is 2.42. The van der Waals surface area contributed by atoms with Gasteiger partial charge in [0, 0.05) is 24.4 Å². The smallest absolute Gasteiger partial charge is 0.345 e. The number of aromatic amines is 1. The van der Waals surface area contributed by atoms with Crippen molar-refractivity contribution < 1.29 is 14.6 Å². The molecule has 2 aliphatic heterocycles. The fraction of sp³-hybridized carbons (Fsp3) is 0.562. The lowest BCUT2D eigenvalue weighted by molar-refractivity contribution is -0.0983. The van der Waals surface area contributed by atoms with Crippen molar-refractivity contribution in [1.82, 2.24) is 20.1 Å². The second-order valence-corrected chi connectivity index (χ2v) is 7.60. The number of aromatic nitrogens is 3. The average molecular weight is 348 g/mol. The van der Waals surface area contributed by atoms with E-state index in [0.29, 0.717) is 11.5 Å². The molecular formula is C16H20N4O3S. The normalized spacial score (nSPS) is 20.2. The van der Waals surface area contributed by atoms with Gasteiger partial charge >= 0.3 is 5.97 Å². The molecule has 8 heteroatoms. The Labute approximate surface area is 143 Å².